The van der Waals surface area contributed by atoms with Crippen LogP contribution in [0.2, 0.25) is 0 Å². The summed E-state index contributed by atoms with van der Waals surface area (Å²) < 4.78 is 45.7. The topological polar surface area (TPSA) is 97.2 Å². The van der Waals surface area contributed by atoms with Gasteiger partial charge in [-0.15, -0.1) is 13.2 Å². The van der Waals surface area contributed by atoms with Gasteiger partial charge in [-0.3, -0.25) is 14.5 Å². The highest BCUT2D eigenvalue weighted by Gasteiger charge is 2.31. The number of aryl methyl sites for hydroxylation is 1. The molecule has 0 aliphatic carbocycles. The van der Waals surface area contributed by atoms with Crippen molar-refractivity contribution in [3.05, 3.63) is 96.1 Å². The van der Waals surface area contributed by atoms with Gasteiger partial charge < -0.3 is 10.1 Å². The number of alkyl halides is 3. The van der Waals surface area contributed by atoms with Gasteiger partial charge in [0.25, 0.3) is 5.91 Å². The van der Waals surface area contributed by atoms with Crippen molar-refractivity contribution in [1.29, 1.82) is 5.26 Å². The van der Waals surface area contributed by atoms with Crippen molar-refractivity contribution < 1.29 is 22.7 Å². The summed E-state index contributed by atoms with van der Waals surface area (Å²) in [5, 5.41) is 11.9. The zero-order valence-electron chi connectivity index (χ0n) is 19.2. The first-order valence-electron chi connectivity index (χ1n) is 10.9. The van der Waals surface area contributed by atoms with E-state index in [9.17, 15) is 18.0 Å². The number of carbonyl (C=O) groups is 1. The second-order valence-electron chi connectivity index (χ2n) is 8.08. The average Bonchev–Trinajstić information content (AvgIpc) is 3.47. The zero-order valence-corrected chi connectivity index (χ0v) is 19.2. The van der Waals surface area contributed by atoms with Gasteiger partial charge in [0.15, 0.2) is 5.65 Å². The number of anilines is 1. The highest BCUT2D eigenvalue weighted by molar-refractivity contribution is 6.05. The molecule has 0 radical (unpaired) electrons. The summed E-state index contributed by atoms with van der Waals surface area (Å²) in [6, 6.07) is 15.6. The van der Waals surface area contributed by atoms with Crippen LogP contribution in [-0.2, 0) is 0 Å². The minimum absolute atomic E-state index is 0.144. The number of benzene rings is 2. The lowest BCUT2D eigenvalue weighted by molar-refractivity contribution is -0.274. The van der Waals surface area contributed by atoms with Gasteiger partial charge in [-0.25, -0.2) is 9.50 Å². The molecule has 1 N–H and O–H groups in total. The summed E-state index contributed by atoms with van der Waals surface area (Å²) >= 11 is 0. The number of rotatable bonds is 5. The largest absolute Gasteiger partial charge is 0.573 e. The molecule has 0 aliphatic heterocycles. The van der Waals surface area contributed by atoms with Crippen LogP contribution >= 0.6 is 0 Å². The Morgan fingerprint density at radius 1 is 1.11 bits per heavy atom. The van der Waals surface area contributed by atoms with Crippen molar-refractivity contribution in [2.45, 2.75) is 13.3 Å². The number of nitrogens with zero attached hydrogens (tertiary/aromatic N) is 5. The number of hydrogen-bond donors (Lipinski definition) is 1. The number of ether oxygens (including phenoxy) is 1. The number of aromatic nitrogens is 4. The van der Waals surface area contributed by atoms with E-state index in [1.807, 2.05) is 40.5 Å². The molecule has 0 bridgehead atoms. The van der Waals surface area contributed by atoms with E-state index in [2.05, 4.69) is 20.0 Å². The standard InChI is InChI=1S/C26H17F3N6O2/c1-16-4-5-20(33-25(36)19-9-17(13-30)10-21(11-19)37-26(27,28)29)12-22(16)34-8-6-24-32-15-23(35(24)34)18-3-2-7-31-14-18/h2-12,14-15H,1H3,(H,33,36). The first-order chi connectivity index (χ1) is 17.7. The molecule has 0 saturated carbocycles. The molecule has 2 aromatic carbocycles. The van der Waals surface area contributed by atoms with Gasteiger partial charge in [0.2, 0.25) is 0 Å². The maximum Gasteiger partial charge on any atom is 0.573 e. The number of halogens is 3. The van der Waals surface area contributed by atoms with E-state index in [-0.39, 0.29) is 11.1 Å². The van der Waals surface area contributed by atoms with Crippen molar-refractivity contribution in [2.75, 3.05) is 5.32 Å². The van der Waals surface area contributed by atoms with Gasteiger partial charge >= 0.3 is 6.36 Å². The minimum atomic E-state index is -4.96. The van der Waals surface area contributed by atoms with Crippen LogP contribution in [0.5, 0.6) is 5.75 Å². The lowest BCUT2D eigenvalue weighted by atomic mass is 10.1. The Kier molecular flexibility index (Phi) is 5.85. The van der Waals surface area contributed by atoms with E-state index in [1.165, 1.54) is 6.07 Å². The third kappa shape index (κ3) is 4.85. The number of amides is 1. The molecular weight excluding hydrogens is 485 g/mol. The van der Waals surface area contributed by atoms with Crippen molar-refractivity contribution >= 4 is 17.2 Å². The number of pyridine rings is 1. The molecule has 0 spiro atoms. The summed E-state index contributed by atoms with van der Waals surface area (Å²) in [6.07, 6.45) is 2.04. The fraction of sp³-hybridized carbons (Fsp3) is 0.0769. The van der Waals surface area contributed by atoms with Crippen molar-refractivity contribution in [3.63, 3.8) is 0 Å². The number of fused-ring (bicyclic) bond motifs is 1. The van der Waals surface area contributed by atoms with E-state index in [0.717, 1.165) is 34.6 Å². The molecule has 5 rings (SSSR count). The molecule has 0 unspecified atom stereocenters. The molecule has 5 aromatic rings. The van der Waals surface area contributed by atoms with E-state index < -0.39 is 18.0 Å². The van der Waals surface area contributed by atoms with Crippen LogP contribution in [-0.4, -0.2) is 31.4 Å². The number of carbonyl (C=O) groups excluding carboxylic acids is 1. The lowest BCUT2D eigenvalue weighted by Crippen LogP contribution is -2.18. The lowest BCUT2D eigenvalue weighted by Gasteiger charge is -2.14. The summed E-state index contributed by atoms with van der Waals surface area (Å²) in [6.45, 7) is 1.91. The molecule has 8 nitrogen and oxygen atoms in total. The maximum atomic E-state index is 12.9. The Morgan fingerprint density at radius 2 is 1.95 bits per heavy atom. The Hall–Kier alpha value is -5.11. The second kappa shape index (κ2) is 9.16. The Labute approximate surface area is 208 Å². The fourth-order valence-corrected chi connectivity index (χ4v) is 3.93. The van der Waals surface area contributed by atoms with Gasteiger partial charge in [0.05, 0.1) is 29.2 Å². The highest BCUT2D eigenvalue weighted by atomic mass is 19.4. The third-order valence-corrected chi connectivity index (χ3v) is 5.55. The second-order valence-corrected chi connectivity index (χ2v) is 8.08. The average molecular weight is 502 g/mol. The summed E-state index contributed by atoms with van der Waals surface area (Å²) in [7, 11) is 0. The molecule has 1 amide bonds. The molecule has 0 atom stereocenters. The van der Waals surface area contributed by atoms with Gasteiger partial charge in [-0.05, 0) is 55.0 Å². The monoisotopic (exact) mass is 502 g/mol. The highest BCUT2D eigenvalue weighted by Crippen LogP contribution is 2.27. The first kappa shape index (κ1) is 23.6. The molecule has 3 aromatic heterocycles. The van der Waals surface area contributed by atoms with Gasteiger partial charge in [-0.2, -0.15) is 5.26 Å². The van der Waals surface area contributed by atoms with Crippen LogP contribution < -0.4 is 10.1 Å². The number of nitrogens with one attached hydrogen (secondary N) is 1. The Bertz CT molecular complexity index is 1670. The molecule has 37 heavy (non-hydrogen) atoms. The quantitative estimate of drug-likeness (QED) is 0.341. The van der Waals surface area contributed by atoms with Crippen LogP contribution in [0.3, 0.4) is 0 Å². The Balaban J connectivity index is 1.49. The predicted molar refractivity (Wildman–Crippen MR) is 128 cm³/mol. The molecule has 0 saturated heterocycles. The third-order valence-electron chi connectivity index (χ3n) is 5.55. The van der Waals surface area contributed by atoms with Gasteiger partial charge in [0, 0.05) is 41.5 Å². The maximum absolute atomic E-state index is 12.9. The molecule has 3 heterocycles. The summed E-state index contributed by atoms with van der Waals surface area (Å²) in [5.74, 6) is -1.35. The fourth-order valence-electron chi connectivity index (χ4n) is 3.93. The van der Waals surface area contributed by atoms with E-state index in [4.69, 9.17) is 5.26 Å². The van der Waals surface area contributed by atoms with Crippen molar-refractivity contribution in [3.8, 4) is 28.8 Å². The molecule has 0 aliphatic rings. The van der Waals surface area contributed by atoms with Crippen molar-refractivity contribution in [1.82, 2.24) is 19.2 Å². The van der Waals surface area contributed by atoms with Crippen LogP contribution in [0.4, 0.5) is 18.9 Å². The first-order valence-corrected chi connectivity index (χ1v) is 10.9. The number of hydrogen-bond acceptors (Lipinski definition) is 5. The smallest absolute Gasteiger partial charge is 0.406 e. The number of imidazole rings is 1. The normalized spacial score (nSPS) is 11.3. The van der Waals surface area contributed by atoms with Crippen LogP contribution in [0.1, 0.15) is 21.5 Å². The SMILES string of the molecule is Cc1ccc(NC(=O)c2cc(C#N)cc(OC(F)(F)F)c2)cc1-n1ccc2ncc(-c3cccnc3)n21. The van der Waals surface area contributed by atoms with Crippen LogP contribution in [0.25, 0.3) is 22.6 Å². The molecular formula is C26H17F3N6O2. The van der Waals surface area contributed by atoms with E-state index in [0.29, 0.717) is 11.3 Å². The van der Waals surface area contributed by atoms with Gasteiger partial charge in [0.1, 0.15) is 5.75 Å². The molecule has 0 fully saturated rings. The predicted octanol–water partition coefficient (Wildman–Crippen LogP) is 5.52. The van der Waals surface area contributed by atoms with Crippen molar-refractivity contribution in [2.24, 2.45) is 0 Å². The van der Waals surface area contributed by atoms with Gasteiger partial charge in [-0.1, -0.05) is 6.07 Å². The Morgan fingerprint density at radius 3 is 2.68 bits per heavy atom. The number of nitriles is 1. The van der Waals surface area contributed by atoms with Crippen LogP contribution in [0, 0.1) is 18.3 Å². The summed E-state index contributed by atoms with van der Waals surface area (Å²) in [4.78, 5) is 21.5. The molecule has 11 heteroatoms. The van der Waals surface area contributed by atoms with E-state index >= 15 is 0 Å². The minimum Gasteiger partial charge on any atom is -0.406 e. The zero-order chi connectivity index (χ0) is 26.2. The summed E-state index contributed by atoms with van der Waals surface area (Å²) in [5.41, 5.74) is 4.12. The molecule has 184 valence electrons. The van der Waals surface area contributed by atoms with Crippen LogP contribution in [0.15, 0.2) is 79.4 Å². The van der Waals surface area contributed by atoms with E-state index in [1.54, 1.807) is 42.9 Å².